The van der Waals surface area contributed by atoms with Crippen LogP contribution in [0.5, 0.6) is 0 Å². The second kappa shape index (κ2) is 8.79. The molecule has 0 fully saturated rings. The number of carbonyl (C=O) groups excluding carboxylic acids is 2. The molecule has 0 aliphatic carbocycles. The van der Waals surface area contributed by atoms with Crippen molar-refractivity contribution in [3.8, 4) is 0 Å². The lowest BCUT2D eigenvalue weighted by Crippen LogP contribution is -2.29. The third-order valence-corrected chi connectivity index (χ3v) is 3.69. The Morgan fingerprint density at radius 3 is 2.62 bits per heavy atom. The van der Waals surface area contributed by atoms with Crippen molar-refractivity contribution in [2.45, 2.75) is 26.7 Å². The van der Waals surface area contributed by atoms with Crippen LogP contribution in [-0.2, 0) is 9.53 Å². The minimum Gasteiger partial charge on any atom is -0.462 e. The number of halogens is 1. The fourth-order valence-electron chi connectivity index (χ4n) is 1.90. The van der Waals surface area contributed by atoms with Gasteiger partial charge in [-0.05, 0) is 47.5 Å². The SMILES string of the molecule is CCCC(CN)C(=O)Nc1ccc(C(=O)OCC)cc1Br. The fourth-order valence-corrected chi connectivity index (χ4v) is 2.38. The molecule has 0 spiro atoms. The van der Waals surface area contributed by atoms with E-state index in [0.29, 0.717) is 28.9 Å². The molecule has 0 heterocycles. The summed E-state index contributed by atoms with van der Waals surface area (Å²) in [5.74, 6) is -0.697. The zero-order valence-electron chi connectivity index (χ0n) is 12.3. The van der Waals surface area contributed by atoms with Crippen LogP contribution in [0.25, 0.3) is 0 Å². The zero-order valence-corrected chi connectivity index (χ0v) is 13.9. The summed E-state index contributed by atoms with van der Waals surface area (Å²) in [7, 11) is 0. The van der Waals surface area contributed by atoms with Gasteiger partial charge in [-0.3, -0.25) is 4.79 Å². The molecular formula is C15H21BrN2O3. The highest BCUT2D eigenvalue weighted by molar-refractivity contribution is 9.10. The molecule has 1 unspecified atom stereocenters. The standard InChI is InChI=1S/C15H21BrN2O3/c1-3-5-11(9-17)14(19)18-13-7-6-10(8-12(13)16)15(20)21-4-2/h6-8,11H,3-5,9,17H2,1-2H3,(H,18,19). The summed E-state index contributed by atoms with van der Waals surface area (Å²) < 4.78 is 5.56. The Morgan fingerprint density at radius 2 is 2.10 bits per heavy atom. The predicted octanol–water partition coefficient (Wildman–Crippen LogP) is 2.94. The first kappa shape index (κ1) is 17.7. The van der Waals surface area contributed by atoms with Gasteiger partial charge in [0.25, 0.3) is 0 Å². The van der Waals surface area contributed by atoms with Gasteiger partial charge in [0, 0.05) is 11.0 Å². The van der Waals surface area contributed by atoms with Gasteiger partial charge in [0.2, 0.25) is 5.91 Å². The number of benzene rings is 1. The number of amides is 1. The van der Waals surface area contributed by atoms with Crippen molar-refractivity contribution in [1.29, 1.82) is 0 Å². The Hall–Kier alpha value is -1.40. The van der Waals surface area contributed by atoms with E-state index in [1.807, 2.05) is 6.92 Å². The van der Waals surface area contributed by atoms with Gasteiger partial charge in [-0.2, -0.15) is 0 Å². The summed E-state index contributed by atoms with van der Waals surface area (Å²) in [4.78, 5) is 23.7. The molecule has 0 saturated heterocycles. The summed E-state index contributed by atoms with van der Waals surface area (Å²) in [6.07, 6.45) is 1.65. The number of ether oxygens (including phenoxy) is 1. The number of hydrogen-bond donors (Lipinski definition) is 2. The average molecular weight is 357 g/mol. The normalized spacial score (nSPS) is 11.8. The van der Waals surface area contributed by atoms with E-state index in [-0.39, 0.29) is 17.8 Å². The van der Waals surface area contributed by atoms with Crippen molar-refractivity contribution >= 4 is 33.5 Å². The van der Waals surface area contributed by atoms with Crippen LogP contribution in [0.1, 0.15) is 37.0 Å². The molecule has 0 radical (unpaired) electrons. The topological polar surface area (TPSA) is 81.4 Å². The summed E-state index contributed by atoms with van der Waals surface area (Å²) in [5.41, 5.74) is 6.66. The van der Waals surface area contributed by atoms with E-state index >= 15 is 0 Å². The third-order valence-electron chi connectivity index (χ3n) is 3.03. The van der Waals surface area contributed by atoms with Crippen molar-refractivity contribution in [1.82, 2.24) is 0 Å². The maximum atomic E-state index is 12.1. The minimum absolute atomic E-state index is 0.107. The molecule has 0 aliphatic heterocycles. The van der Waals surface area contributed by atoms with E-state index in [9.17, 15) is 9.59 Å². The van der Waals surface area contributed by atoms with Crippen LogP contribution in [0.4, 0.5) is 5.69 Å². The van der Waals surface area contributed by atoms with Gasteiger partial charge >= 0.3 is 5.97 Å². The second-order valence-electron chi connectivity index (χ2n) is 4.63. The first-order valence-corrected chi connectivity index (χ1v) is 7.80. The van der Waals surface area contributed by atoms with Crippen LogP contribution >= 0.6 is 15.9 Å². The molecule has 0 aliphatic rings. The van der Waals surface area contributed by atoms with Crippen molar-refractivity contribution in [2.24, 2.45) is 11.7 Å². The molecule has 1 aromatic carbocycles. The van der Waals surface area contributed by atoms with Crippen LogP contribution in [0.15, 0.2) is 22.7 Å². The predicted molar refractivity (Wildman–Crippen MR) is 86.2 cm³/mol. The van der Waals surface area contributed by atoms with Gasteiger partial charge < -0.3 is 15.8 Å². The smallest absolute Gasteiger partial charge is 0.338 e. The Kier molecular flexibility index (Phi) is 7.39. The molecule has 21 heavy (non-hydrogen) atoms. The first-order chi connectivity index (χ1) is 10.0. The molecule has 3 N–H and O–H groups in total. The van der Waals surface area contributed by atoms with Crippen molar-refractivity contribution < 1.29 is 14.3 Å². The van der Waals surface area contributed by atoms with Gasteiger partial charge in [0.1, 0.15) is 0 Å². The van der Waals surface area contributed by atoms with E-state index < -0.39 is 0 Å². The molecule has 5 nitrogen and oxygen atoms in total. The molecule has 0 bridgehead atoms. The van der Waals surface area contributed by atoms with Crippen LogP contribution in [0.3, 0.4) is 0 Å². The molecule has 1 rings (SSSR count). The monoisotopic (exact) mass is 356 g/mol. The lowest BCUT2D eigenvalue weighted by molar-refractivity contribution is -0.119. The quantitative estimate of drug-likeness (QED) is 0.735. The highest BCUT2D eigenvalue weighted by Gasteiger charge is 2.17. The average Bonchev–Trinajstić information content (AvgIpc) is 2.46. The first-order valence-electron chi connectivity index (χ1n) is 7.01. The van der Waals surface area contributed by atoms with Gasteiger partial charge in [0.05, 0.1) is 23.8 Å². The summed E-state index contributed by atoms with van der Waals surface area (Å²) >= 11 is 3.35. The van der Waals surface area contributed by atoms with E-state index in [4.69, 9.17) is 10.5 Å². The lowest BCUT2D eigenvalue weighted by Gasteiger charge is -2.15. The zero-order chi connectivity index (χ0) is 15.8. The van der Waals surface area contributed by atoms with Gasteiger partial charge in [-0.25, -0.2) is 4.79 Å². The van der Waals surface area contributed by atoms with Gasteiger partial charge in [0.15, 0.2) is 0 Å². The lowest BCUT2D eigenvalue weighted by atomic mass is 10.0. The maximum absolute atomic E-state index is 12.1. The van der Waals surface area contributed by atoms with Crippen molar-refractivity contribution in [3.63, 3.8) is 0 Å². The Bertz CT molecular complexity index is 506. The molecular weight excluding hydrogens is 336 g/mol. The number of esters is 1. The number of hydrogen-bond acceptors (Lipinski definition) is 4. The fraction of sp³-hybridized carbons (Fsp3) is 0.467. The highest BCUT2D eigenvalue weighted by Crippen LogP contribution is 2.25. The van der Waals surface area contributed by atoms with Crippen molar-refractivity contribution in [3.05, 3.63) is 28.2 Å². The number of rotatable bonds is 7. The summed E-state index contributed by atoms with van der Waals surface area (Å²) in [5, 5.41) is 2.83. The number of anilines is 1. The molecule has 1 amide bonds. The number of nitrogens with two attached hydrogens (primary N) is 1. The molecule has 1 atom stereocenters. The van der Waals surface area contributed by atoms with Crippen LogP contribution in [0, 0.1) is 5.92 Å². The summed E-state index contributed by atoms with van der Waals surface area (Å²) in [6, 6.07) is 4.92. The number of nitrogens with one attached hydrogen (secondary N) is 1. The van der Waals surface area contributed by atoms with Crippen molar-refractivity contribution in [2.75, 3.05) is 18.5 Å². The number of carbonyl (C=O) groups is 2. The highest BCUT2D eigenvalue weighted by atomic mass is 79.9. The molecule has 0 aromatic heterocycles. The largest absolute Gasteiger partial charge is 0.462 e. The van der Waals surface area contributed by atoms with E-state index in [1.54, 1.807) is 25.1 Å². The van der Waals surface area contributed by atoms with E-state index in [1.165, 1.54) is 0 Å². The molecule has 116 valence electrons. The van der Waals surface area contributed by atoms with Gasteiger partial charge in [-0.15, -0.1) is 0 Å². The second-order valence-corrected chi connectivity index (χ2v) is 5.48. The minimum atomic E-state index is -0.387. The molecule has 0 saturated carbocycles. The Morgan fingerprint density at radius 1 is 1.38 bits per heavy atom. The Labute approximate surface area is 133 Å². The van der Waals surface area contributed by atoms with E-state index in [2.05, 4.69) is 21.2 Å². The van der Waals surface area contributed by atoms with Crippen LogP contribution in [0.2, 0.25) is 0 Å². The maximum Gasteiger partial charge on any atom is 0.338 e. The van der Waals surface area contributed by atoms with Crippen LogP contribution in [-0.4, -0.2) is 25.0 Å². The van der Waals surface area contributed by atoms with Gasteiger partial charge in [-0.1, -0.05) is 13.3 Å². The Balaban J connectivity index is 2.81. The third kappa shape index (κ3) is 5.13. The molecule has 1 aromatic rings. The summed E-state index contributed by atoms with van der Waals surface area (Å²) in [6.45, 7) is 4.41. The van der Waals surface area contributed by atoms with Crippen LogP contribution < -0.4 is 11.1 Å². The van der Waals surface area contributed by atoms with E-state index in [0.717, 1.165) is 12.8 Å². The molecule has 6 heteroatoms.